The van der Waals surface area contributed by atoms with Crippen LogP contribution in [0.25, 0.3) is 0 Å². The molecule has 0 saturated heterocycles. The third kappa shape index (κ3) is 5.06. The predicted octanol–water partition coefficient (Wildman–Crippen LogP) is 5.89. The van der Waals surface area contributed by atoms with Gasteiger partial charge in [-0.2, -0.15) is 0 Å². The lowest BCUT2D eigenvalue weighted by Crippen LogP contribution is -2.36. The molecular formula is C19H26Br2O2. The van der Waals surface area contributed by atoms with E-state index in [1.807, 2.05) is 30.3 Å². The van der Waals surface area contributed by atoms with Crippen molar-refractivity contribution in [2.75, 3.05) is 0 Å². The maximum absolute atomic E-state index is 12.5. The van der Waals surface area contributed by atoms with Gasteiger partial charge in [-0.1, -0.05) is 83.0 Å². The highest BCUT2D eigenvalue weighted by Crippen LogP contribution is 2.37. The van der Waals surface area contributed by atoms with Crippen LogP contribution < -0.4 is 0 Å². The molecule has 4 heteroatoms. The van der Waals surface area contributed by atoms with Gasteiger partial charge in [0.05, 0.1) is 4.83 Å². The van der Waals surface area contributed by atoms with Gasteiger partial charge in [0.2, 0.25) is 0 Å². The monoisotopic (exact) mass is 444 g/mol. The standard InChI is InChI=1S/C19H26Br2O2/c1-12(2)15-10-9-13(3)16(11-15)23-19(22)18(21)17(20)14-7-5-4-6-8-14/h4-8,12-13,15-18H,9-11H2,1-3H3/t13-,15+,16+,17-,18-/m1/s1. The van der Waals surface area contributed by atoms with Crippen LogP contribution in [0.2, 0.25) is 0 Å². The highest BCUT2D eigenvalue weighted by atomic mass is 79.9. The zero-order valence-corrected chi connectivity index (χ0v) is 17.2. The van der Waals surface area contributed by atoms with E-state index in [1.54, 1.807) is 0 Å². The molecule has 0 heterocycles. The lowest BCUT2D eigenvalue weighted by molar-refractivity contribution is -0.153. The molecular weight excluding hydrogens is 420 g/mol. The topological polar surface area (TPSA) is 26.3 Å². The van der Waals surface area contributed by atoms with Crippen molar-refractivity contribution in [1.29, 1.82) is 0 Å². The van der Waals surface area contributed by atoms with Crippen molar-refractivity contribution in [2.45, 2.75) is 55.8 Å². The minimum Gasteiger partial charge on any atom is -0.461 e. The van der Waals surface area contributed by atoms with Crippen LogP contribution in [-0.2, 0) is 9.53 Å². The maximum atomic E-state index is 12.5. The highest BCUT2D eigenvalue weighted by molar-refractivity contribution is 9.12. The molecule has 0 N–H and O–H groups in total. The van der Waals surface area contributed by atoms with Gasteiger partial charge in [0.25, 0.3) is 0 Å². The second kappa shape index (κ2) is 8.66. The van der Waals surface area contributed by atoms with Crippen molar-refractivity contribution in [1.82, 2.24) is 0 Å². The molecule has 0 bridgehead atoms. The lowest BCUT2D eigenvalue weighted by Gasteiger charge is -2.36. The number of carbonyl (C=O) groups excluding carboxylic acids is 1. The quantitative estimate of drug-likeness (QED) is 0.417. The Bertz CT molecular complexity index is 503. The molecule has 1 aromatic rings. The molecule has 5 atom stereocenters. The summed E-state index contributed by atoms with van der Waals surface area (Å²) < 4.78 is 5.87. The summed E-state index contributed by atoms with van der Waals surface area (Å²) in [5.41, 5.74) is 1.07. The fourth-order valence-corrected chi connectivity index (χ4v) is 4.15. The molecule has 0 aromatic heterocycles. The SMILES string of the molecule is CC(C)[C@H]1CC[C@@H](C)[C@@H](OC(=O)[C@H](Br)[C@H](Br)c2ccccc2)C1. The van der Waals surface area contributed by atoms with Crippen molar-refractivity contribution >= 4 is 37.8 Å². The van der Waals surface area contributed by atoms with Crippen LogP contribution in [0.15, 0.2) is 30.3 Å². The first-order chi connectivity index (χ1) is 10.9. The number of hydrogen-bond donors (Lipinski definition) is 0. The van der Waals surface area contributed by atoms with Crippen molar-refractivity contribution in [3.8, 4) is 0 Å². The summed E-state index contributed by atoms with van der Waals surface area (Å²) in [7, 11) is 0. The molecule has 2 nitrogen and oxygen atoms in total. The fraction of sp³-hybridized carbons (Fsp3) is 0.632. The second-order valence-corrected chi connectivity index (χ2v) is 8.96. The Kier molecular flexibility index (Phi) is 7.15. The van der Waals surface area contributed by atoms with Crippen molar-refractivity contribution in [3.05, 3.63) is 35.9 Å². The van der Waals surface area contributed by atoms with Crippen LogP contribution in [0.5, 0.6) is 0 Å². The van der Waals surface area contributed by atoms with E-state index in [0.717, 1.165) is 18.4 Å². The van der Waals surface area contributed by atoms with Gasteiger partial charge in [0.1, 0.15) is 10.9 Å². The highest BCUT2D eigenvalue weighted by Gasteiger charge is 2.34. The van der Waals surface area contributed by atoms with Gasteiger partial charge < -0.3 is 4.74 Å². The maximum Gasteiger partial charge on any atom is 0.321 e. The van der Waals surface area contributed by atoms with Crippen LogP contribution >= 0.6 is 31.9 Å². The summed E-state index contributed by atoms with van der Waals surface area (Å²) in [6, 6.07) is 9.95. The molecule has 0 unspecified atom stereocenters. The third-order valence-corrected chi connectivity index (χ3v) is 7.64. The Balaban J connectivity index is 1.97. The van der Waals surface area contributed by atoms with E-state index in [2.05, 4.69) is 52.6 Å². The molecule has 1 aliphatic carbocycles. The molecule has 1 saturated carbocycles. The zero-order chi connectivity index (χ0) is 17.0. The van der Waals surface area contributed by atoms with E-state index in [-0.39, 0.29) is 21.7 Å². The van der Waals surface area contributed by atoms with Gasteiger partial charge in [0.15, 0.2) is 0 Å². The van der Waals surface area contributed by atoms with Gasteiger partial charge in [-0.25, -0.2) is 0 Å². The van der Waals surface area contributed by atoms with Gasteiger partial charge in [0, 0.05) is 0 Å². The summed E-state index contributed by atoms with van der Waals surface area (Å²) in [5.74, 6) is 1.58. The van der Waals surface area contributed by atoms with Gasteiger partial charge >= 0.3 is 5.97 Å². The smallest absolute Gasteiger partial charge is 0.321 e. The second-order valence-electron chi connectivity index (χ2n) is 6.98. The first kappa shape index (κ1) is 19.0. The van der Waals surface area contributed by atoms with E-state index in [0.29, 0.717) is 17.8 Å². The van der Waals surface area contributed by atoms with Gasteiger partial charge in [-0.15, -0.1) is 0 Å². The number of ether oxygens (including phenoxy) is 1. The summed E-state index contributed by atoms with van der Waals surface area (Å²) in [6.45, 7) is 6.72. The van der Waals surface area contributed by atoms with Crippen LogP contribution in [0.3, 0.4) is 0 Å². The normalized spacial score (nSPS) is 27.5. The third-order valence-electron chi connectivity index (χ3n) is 4.97. The number of alkyl halides is 2. The number of rotatable bonds is 5. The minimum absolute atomic E-state index is 0.0409. The summed E-state index contributed by atoms with van der Waals surface area (Å²) in [6.07, 6.45) is 3.42. The molecule has 0 spiro atoms. The number of benzene rings is 1. The molecule has 23 heavy (non-hydrogen) atoms. The van der Waals surface area contributed by atoms with Crippen molar-refractivity contribution < 1.29 is 9.53 Å². The number of halogens is 2. The summed E-state index contributed by atoms with van der Waals surface area (Å²) in [5, 5.41) is 0. The van der Waals surface area contributed by atoms with Gasteiger partial charge in [-0.3, -0.25) is 4.79 Å². The fourth-order valence-electron chi connectivity index (χ4n) is 3.22. The van der Waals surface area contributed by atoms with Crippen molar-refractivity contribution in [3.63, 3.8) is 0 Å². The van der Waals surface area contributed by atoms with E-state index in [1.165, 1.54) is 6.42 Å². The number of hydrogen-bond acceptors (Lipinski definition) is 2. The Morgan fingerprint density at radius 3 is 2.43 bits per heavy atom. The van der Waals surface area contributed by atoms with Crippen LogP contribution in [0, 0.1) is 17.8 Å². The Morgan fingerprint density at radius 1 is 1.17 bits per heavy atom. The Morgan fingerprint density at radius 2 is 1.83 bits per heavy atom. The molecule has 1 aromatic carbocycles. The summed E-state index contributed by atoms with van der Waals surface area (Å²) in [4.78, 5) is 12.1. The Labute approximate surface area is 156 Å². The molecule has 128 valence electrons. The minimum atomic E-state index is -0.378. The molecule has 2 rings (SSSR count). The lowest BCUT2D eigenvalue weighted by atomic mass is 9.76. The molecule has 0 radical (unpaired) electrons. The first-order valence-electron chi connectivity index (χ1n) is 8.43. The van der Waals surface area contributed by atoms with Crippen LogP contribution in [0.4, 0.5) is 0 Å². The first-order valence-corrected chi connectivity index (χ1v) is 10.3. The van der Waals surface area contributed by atoms with E-state index >= 15 is 0 Å². The number of esters is 1. The molecule has 0 aliphatic heterocycles. The average molecular weight is 446 g/mol. The van der Waals surface area contributed by atoms with E-state index in [4.69, 9.17) is 4.74 Å². The van der Waals surface area contributed by atoms with Crippen molar-refractivity contribution in [2.24, 2.45) is 17.8 Å². The summed E-state index contributed by atoms with van der Waals surface area (Å²) >= 11 is 7.13. The van der Waals surface area contributed by atoms with Crippen LogP contribution in [0.1, 0.15) is 50.4 Å². The van der Waals surface area contributed by atoms with Gasteiger partial charge in [-0.05, 0) is 42.6 Å². The largest absolute Gasteiger partial charge is 0.461 e. The van der Waals surface area contributed by atoms with E-state index in [9.17, 15) is 4.79 Å². The molecule has 1 aliphatic rings. The Hall–Kier alpha value is -0.350. The van der Waals surface area contributed by atoms with E-state index < -0.39 is 0 Å². The average Bonchev–Trinajstić information content (AvgIpc) is 2.56. The van der Waals surface area contributed by atoms with Crippen LogP contribution in [-0.4, -0.2) is 16.9 Å². The number of carbonyl (C=O) groups is 1. The zero-order valence-electron chi connectivity index (χ0n) is 14.0. The molecule has 0 amide bonds. The molecule has 1 fully saturated rings. The predicted molar refractivity (Wildman–Crippen MR) is 102 cm³/mol.